The predicted octanol–water partition coefficient (Wildman–Crippen LogP) is 3.86. The minimum Gasteiger partial charge on any atom is -0.454 e. The lowest BCUT2D eigenvalue weighted by Gasteiger charge is -2.04. The summed E-state index contributed by atoms with van der Waals surface area (Å²) in [5.74, 6) is 1.86. The van der Waals surface area contributed by atoms with E-state index in [-0.39, 0.29) is 0 Å². The van der Waals surface area contributed by atoms with E-state index in [4.69, 9.17) is 4.42 Å². The molecule has 4 heteroatoms. The lowest BCUT2D eigenvalue weighted by Crippen LogP contribution is -2.14. The Kier molecular flexibility index (Phi) is 2.86. The quantitative estimate of drug-likeness (QED) is 0.750. The summed E-state index contributed by atoms with van der Waals surface area (Å²) < 4.78 is 5.97. The van der Waals surface area contributed by atoms with Gasteiger partial charge in [-0.05, 0) is 62.6 Å². The van der Waals surface area contributed by atoms with Crippen LogP contribution >= 0.6 is 0 Å². The van der Waals surface area contributed by atoms with E-state index in [1.165, 1.54) is 17.5 Å². The van der Waals surface area contributed by atoms with Crippen LogP contribution in [0, 0.1) is 13.8 Å². The molecule has 1 aromatic carbocycles. The number of imidazole rings is 1. The fourth-order valence-electron chi connectivity index (χ4n) is 2.99. The van der Waals surface area contributed by atoms with Crippen LogP contribution in [0.3, 0.4) is 0 Å². The summed E-state index contributed by atoms with van der Waals surface area (Å²) in [4.78, 5) is 7.90. The molecule has 4 rings (SSSR count). The zero-order valence-corrected chi connectivity index (χ0v) is 12.4. The van der Waals surface area contributed by atoms with E-state index in [0.29, 0.717) is 6.04 Å². The van der Waals surface area contributed by atoms with E-state index in [9.17, 15) is 0 Å². The number of furan rings is 1. The van der Waals surface area contributed by atoms with Crippen molar-refractivity contribution in [3.63, 3.8) is 0 Å². The van der Waals surface area contributed by atoms with Gasteiger partial charge in [0.2, 0.25) is 0 Å². The first-order valence-corrected chi connectivity index (χ1v) is 7.50. The molecule has 21 heavy (non-hydrogen) atoms. The lowest BCUT2D eigenvalue weighted by atomic mass is 10.1. The Morgan fingerprint density at radius 1 is 1.19 bits per heavy atom. The molecule has 1 atom stereocenters. The number of hydrogen-bond acceptors (Lipinski definition) is 3. The maximum Gasteiger partial charge on any atom is 0.153 e. The first-order valence-electron chi connectivity index (χ1n) is 7.50. The average molecular weight is 281 g/mol. The van der Waals surface area contributed by atoms with Gasteiger partial charge in [0.05, 0.1) is 12.2 Å². The Morgan fingerprint density at radius 3 is 2.86 bits per heavy atom. The van der Waals surface area contributed by atoms with Gasteiger partial charge in [-0.25, -0.2) is 4.98 Å². The van der Waals surface area contributed by atoms with E-state index in [2.05, 4.69) is 47.3 Å². The summed E-state index contributed by atoms with van der Waals surface area (Å²) in [7, 11) is 0. The van der Waals surface area contributed by atoms with Crippen molar-refractivity contribution < 1.29 is 4.42 Å². The smallest absolute Gasteiger partial charge is 0.153 e. The second-order valence-corrected chi connectivity index (χ2v) is 5.92. The van der Waals surface area contributed by atoms with Gasteiger partial charge in [-0.1, -0.05) is 0 Å². The molecule has 1 fully saturated rings. The van der Waals surface area contributed by atoms with Crippen molar-refractivity contribution in [2.45, 2.75) is 32.7 Å². The summed E-state index contributed by atoms with van der Waals surface area (Å²) in [6.07, 6.45) is 4.22. The topological polar surface area (TPSA) is 53.9 Å². The molecule has 1 aliphatic heterocycles. The van der Waals surface area contributed by atoms with Crippen molar-refractivity contribution in [3.05, 3.63) is 41.3 Å². The van der Waals surface area contributed by atoms with Crippen molar-refractivity contribution in [1.82, 2.24) is 15.3 Å². The molecule has 2 N–H and O–H groups in total. The molecule has 1 aliphatic rings. The molecule has 0 radical (unpaired) electrons. The molecule has 108 valence electrons. The molecule has 2 aromatic heterocycles. The Hall–Kier alpha value is -2.07. The van der Waals surface area contributed by atoms with Crippen molar-refractivity contribution in [2.75, 3.05) is 6.54 Å². The fourth-order valence-corrected chi connectivity index (χ4v) is 2.99. The lowest BCUT2D eigenvalue weighted by molar-refractivity contribution is 0.609. The van der Waals surface area contributed by atoms with Crippen molar-refractivity contribution >= 4 is 11.0 Å². The molecule has 0 amide bonds. The summed E-state index contributed by atoms with van der Waals surface area (Å²) in [5, 5.41) is 4.60. The maximum atomic E-state index is 5.97. The highest BCUT2D eigenvalue weighted by atomic mass is 16.3. The molecule has 1 unspecified atom stereocenters. The van der Waals surface area contributed by atoms with E-state index in [1.54, 1.807) is 0 Å². The minimum atomic E-state index is 0.354. The van der Waals surface area contributed by atoms with E-state index in [1.807, 2.05) is 6.20 Å². The molecule has 0 spiro atoms. The number of fused-ring (bicyclic) bond motifs is 1. The van der Waals surface area contributed by atoms with Crippen LogP contribution in [0.1, 0.15) is 35.8 Å². The number of H-pyrrole nitrogens is 1. The van der Waals surface area contributed by atoms with Crippen LogP contribution in [0.4, 0.5) is 0 Å². The van der Waals surface area contributed by atoms with Crippen LogP contribution in [0.5, 0.6) is 0 Å². The zero-order valence-electron chi connectivity index (χ0n) is 12.4. The normalized spacial score (nSPS) is 18.7. The molecule has 3 aromatic rings. The molecular formula is C17H19N3O. The molecule has 1 saturated heterocycles. The standard InChI is InChI=1S/C17H19N3O/c1-10-6-12-8-16(21-15(12)7-11(10)2)14-9-19-17(20-14)13-4-3-5-18-13/h6-9,13,18H,3-5H2,1-2H3,(H,19,20). The van der Waals surface area contributed by atoms with Gasteiger partial charge >= 0.3 is 0 Å². The van der Waals surface area contributed by atoms with Crippen LogP contribution in [0.15, 0.2) is 28.8 Å². The highest BCUT2D eigenvalue weighted by molar-refractivity contribution is 5.83. The molecule has 0 saturated carbocycles. The highest BCUT2D eigenvalue weighted by Crippen LogP contribution is 2.30. The number of aromatic amines is 1. The summed E-state index contributed by atoms with van der Waals surface area (Å²) in [6.45, 7) is 5.31. The monoisotopic (exact) mass is 281 g/mol. The van der Waals surface area contributed by atoms with Crippen LogP contribution in [0.25, 0.3) is 22.4 Å². The number of aromatic nitrogens is 2. The van der Waals surface area contributed by atoms with E-state index < -0.39 is 0 Å². The largest absolute Gasteiger partial charge is 0.454 e. The number of hydrogen-bond donors (Lipinski definition) is 2. The van der Waals surface area contributed by atoms with Crippen molar-refractivity contribution in [2.24, 2.45) is 0 Å². The maximum absolute atomic E-state index is 5.97. The van der Waals surface area contributed by atoms with Crippen molar-refractivity contribution in [1.29, 1.82) is 0 Å². The zero-order chi connectivity index (χ0) is 14.4. The molecule has 0 aliphatic carbocycles. The summed E-state index contributed by atoms with van der Waals surface area (Å²) in [6, 6.07) is 6.71. The number of nitrogens with zero attached hydrogens (tertiary/aromatic N) is 1. The Labute approximate surface area is 123 Å². The Bertz CT molecular complexity index is 755. The second kappa shape index (κ2) is 4.74. The first-order chi connectivity index (χ1) is 10.2. The van der Waals surface area contributed by atoms with Gasteiger partial charge in [0.15, 0.2) is 5.76 Å². The molecule has 4 nitrogen and oxygen atoms in total. The SMILES string of the molecule is Cc1cc2cc(-c3cnc(C4CCCN4)[nH]3)oc2cc1C. The van der Waals surface area contributed by atoms with Gasteiger partial charge in [0.1, 0.15) is 17.1 Å². The third-order valence-electron chi connectivity index (χ3n) is 4.38. The third-order valence-corrected chi connectivity index (χ3v) is 4.38. The van der Waals surface area contributed by atoms with Crippen molar-refractivity contribution in [3.8, 4) is 11.5 Å². The van der Waals surface area contributed by atoms with E-state index >= 15 is 0 Å². The second-order valence-electron chi connectivity index (χ2n) is 5.92. The Morgan fingerprint density at radius 2 is 2.05 bits per heavy atom. The molecular weight excluding hydrogens is 262 g/mol. The van der Waals surface area contributed by atoms with Crippen LogP contribution < -0.4 is 5.32 Å². The van der Waals surface area contributed by atoms with Gasteiger partial charge in [-0.2, -0.15) is 0 Å². The summed E-state index contributed by atoms with van der Waals surface area (Å²) >= 11 is 0. The van der Waals surface area contributed by atoms with Crippen LogP contribution in [0.2, 0.25) is 0 Å². The fraction of sp³-hybridized carbons (Fsp3) is 0.353. The number of rotatable bonds is 2. The number of aryl methyl sites for hydroxylation is 2. The first kappa shape index (κ1) is 12.7. The molecule has 3 heterocycles. The van der Waals surface area contributed by atoms with Gasteiger partial charge in [0.25, 0.3) is 0 Å². The minimum absolute atomic E-state index is 0.354. The summed E-state index contributed by atoms with van der Waals surface area (Å²) in [5.41, 5.74) is 4.42. The predicted molar refractivity (Wildman–Crippen MR) is 83.2 cm³/mol. The third kappa shape index (κ3) is 2.16. The van der Waals surface area contributed by atoms with Gasteiger partial charge in [-0.3, -0.25) is 0 Å². The molecule has 0 bridgehead atoms. The van der Waals surface area contributed by atoms with E-state index in [0.717, 1.165) is 41.2 Å². The highest BCUT2D eigenvalue weighted by Gasteiger charge is 2.20. The van der Waals surface area contributed by atoms with Gasteiger partial charge in [0, 0.05) is 5.39 Å². The van der Waals surface area contributed by atoms with Crippen LogP contribution in [-0.4, -0.2) is 16.5 Å². The van der Waals surface area contributed by atoms with Crippen LogP contribution in [-0.2, 0) is 0 Å². The Balaban J connectivity index is 1.72. The van der Waals surface area contributed by atoms with Gasteiger partial charge in [-0.15, -0.1) is 0 Å². The van der Waals surface area contributed by atoms with Gasteiger partial charge < -0.3 is 14.7 Å². The number of nitrogens with one attached hydrogen (secondary N) is 2. The average Bonchev–Trinajstić information content (AvgIpc) is 3.18. The number of benzene rings is 1.